The molecule has 0 spiro atoms. The average molecular weight is 353 g/mol. The number of carbonyl (C=O) groups is 1. The van der Waals surface area contributed by atoms with Crippen LogP contribution in [0.25, 0.3) is 0 Å². The molecule has 0 aromatic heterocycles. The van der Waals surface area contributed by atoms with E-state index in [1.54, 1.807) is 18.2 Å². The minimum atomic E-state index is -0.207. The van der Waals surface area contributed by atoms with Crippen LogP contribution in [0.15, 0.2) is 18.2 Å². The predicted molar refractivity (Wildman–Crippen MR) is 90.0 cm³/mol. The van der Waals surface area contributed by atoms with E-state index in [9.17, 15) is 4.79 Å². The quantitative estimate of drug-likeness (QED) is 0.800. The first-order chi connectivity index (χ1) is 9.68. The Labute approximate surface area is 141 Å². The number of piperazine rings is 1. The van der Waals surface area contributed by atoms with Gasteiger partial charge in [-0.05, 0) is 25.1 Å². The molecule has 1 heterocycles. The van der Waals surface area contributed by atoms with Crippen molar-refractivity contribution in [3.8, 4) is 0 Å². The molecule has 1 aliphatic rings. The SMILES string of the molecule is Cl.O=C(NCCCN1CCNCC1)c1c(Cl)cccc1Cl. The summed E-state index contributed by atoms with van der Waals surface area (Å²) < 4.78 is 0. The number of hydrogen-bond donors (Lipinski definition) is 2. The molecule has 7 heteroatoms. The van der Waals surface area contributed by atoms with Crippen molar-refractivity contribution in [1.29, 1.82) is 0 Å². The van der Waals surface area contributed by atoms with Crippen LogP contribution >= 0.6 is 35.6 Å². The molecule has 0 atom stereocenters. The van der Waals surface area contributed by atoms with Gasteiger partial charge in [-0.25, -0.2) is 0 Å². The fourth-order valence-corrected chi connectivity index (χ4v) is 2.81. The van der Waals surface area contributed by atoms with Crippen LogP contribution < -0.4 is 10.6 Å². The van der Waals surface area contributed by atoms with Crippen LogP contribution in [0.4, 0.5) is 0 Å². The highest BCUT2D eigenvalue weighted by Gasteiger charge is 2.14. The second kappa shape index (κ2) is 9.49. The fourth-order valence-electron chi connectivity index (χ4n) is 2.24. The van der Waals surface area contributed by atoms with Crippen LogP contribution in [0, 0.1) is 0 Å². The van der Waals surface area contributed by atoms with Crippen molar-refractivity contribution in [3.05, 3.63) is 33.8 Å². The Balaban J connectivity index is 0.00000220. The van der Waals surface area contributed by atoms with Gasteiger partial charge >= 0.3 is 0 Å². The number of halogens is 3. The minimum Gasteiger partial charge on any atom is -0.352 e. The lowest BCUT2D eigenvalue weighted by atomic mass is 10.2. The van der Waals surface area contributed by atoms with Gasteiger partial charge in [-0.1, -0.05) is 29.3 Å². The van der Waals surface area contributed by atoms with Crippen molar-refractivity contribution in [1.82, 2.24) is 15.5 Å². The highest BCUT2D eigenvalue weighted by atomic mass is 35.5. The molecule has 0 radical (unpaired) electrons. The molecule has 118 valence electrons. The zero-order valence-corrected chi connectivity index (χ0v) is 14.0. The summed E-state index contributed by atoms with van der Waals surface area (Å²) >= 11 is 12.0. The van der Waals surface area contributed by atoms with Gasteiger partial charge in [0.05, 0.1) is 15.6 Å². The third kappa shape index (κ3) is 5.64. The zero-order chi connectivity index (χ0) is 14.4. The van der Waals surface area contributed by atoms with Crippen molar-refractivity contribution >= 4 is 41.5 Å². The van der Waals surface area contributed by atoms with Crippen molar-refractivity contribution in [3.63, 3.8) is 0 Å². The van der Waals surface area contributed by atoms with Gasteiger partial charge in [-0.15, -0.1) is 12.4 Å². The van der Waals surface area contributed by atoms with Crippen LogP contribution in [-0.2, 0) is 0 Å². The molecule has 4 nitrogen and oxygen atoms in total. The molecule has 1 amide bonds. The van der Waals surface area contributed by atoms with Crippen molar-refractivity contribution in [2.24, 2.45) is 0 Å². The highest BCUT2D eigenvalue weighted by Crippen LogP contribution is 2.23. The maximum absolute atomic E-state index is 12.0. The average Bonchev–Trinajstić information content (AvgIpc) is 2.44. The monoisotopic (exact) mass is 351 g/mol. The lowest BCUT2D eigenvalue weighted by Gasteiger charge is -2.27. The summed E-state index contributed by atoms with van der Waals surface area (Å²) in [5.41, 5.74) is 0.359. The molecular formula is C14H20Cl3N3O. The standard InChI is InChI=1S/C14H19Cl2N3O.ClH/c15-11-3-1-4-12(16)13(11)14(20)18-5-2-8-19-9-6-17-7-10-19;/h1,3-4,17H,2,5-10H2,(H,18,20);1H. The molecular weight excluding hydrogens is 333 g/mol. The number of rotatable bonds is 5. The van der Waals surface area contributed by atoms with E-state index in [0.29, 0.717) is 22.2 Å². The molecule has 1 aliphatic heterocycles. The predicted octanol–water partition coefficient (Wildman–Crippen LogP) is 2.44. The van der Waals surface area contributed by atoms with Crippen LogP contribution in [0.3, 0.4) is 0 Å². The van der Waals surface area contributed by atoms with Gasteiger partial charge in [0.15, 0.2) is 0 Å². The normalized spacial score (nSPS) is 15.3. The fraction of sp³-hybridized carbons (Fsp3) is 0.500. The molecule has 0 bridgehead atoms. The minimum absolute atomic E-state index is 0. The van der Waals surface area contributed by atoms with E-state index in [1.165, 1.54) is 0 Å². The molecule has 0 unspecified atom stereocenters. The van der Waals surface area contributed by atoms with Crippen molar-refractivity contribution < 1.29 is 4.79 Å². The summed E-state index contributed by atoms with van der Waals surface area (Å²) in [6.07, 6.45) is 0.924. The maximum atomic E-state index is 12.0. The molecule has 1 saturated heterocycles. The maximum Gasteiger partial charge on any atom is 0.254 e. The number of nitrogens with one attached hydrogen (secondary N) is 2. The van der Waals surface area contributed by atoms with Gasteiger partial charge in [-0.3, -0.25) is 4.79 Å². The van der Waals surface area contributed by atoms with Gasteiger partial charge in [0, 0.05) is 32.7 Å². The molecule has 2 N–H and O–H groups in total. The first kappa shape index (κ1) is 18.5. The van der Waals surface area contributed by atoms with Crippen molar-refractivity contribution in [2.75, 3.05) is 39.3 Å². The van der Waals surface area contributed by atoms with Crippen LogP contribution in [0.1, 0.15) is 16.8 Å². The lowest BCUT2D eigenvalue weighted by Crippen LogP contribution is -2.44. The smallest absolute Gasteiger partial charge is 0.254 e. The first-order valence-corrected chi connectivity index (χ1v) is 7.59. The van der Waals surface area contributed by atoms with Gasteiger partial charge in [-0.2, -0.15) is 0 Å². The Morgan fingerprint density at radius 1 is 1.24 bits per heavy atom. The number of nitrogens with zero attached hydrogens (tertiary/aromatic N) is 1. The third-order valence-electron chi connectivity index (χ3n) is 3.34. The van der Waals surface area contributed by atoms with E-state index in [1.807, 2.05) is 0 Å². The van der Waals surface area contributed by atoms with Gasteiger partial charge in [0.2, 0.25) is 0 Å². The van der Waals surface area contributed by atoms with Crippen LogP contribution in [0.2, 0.25) is 10.0 Å². The second-order valence-corrected chi connectivity index (χ2v) is 5.61. The topological polar surface area (TPSA) is 44.4 Å². The largest absolute Gasteiger partial charge is 0.352 e. The molecule has 1 aromatic carbocycles. The summed E-state index contributed by atoms with van der Waals surface area (Å²) in [4.78, 5) is 14.4. The summed E-state index contributed by atoms with van der Waals surface area (Å²) in [6, 6.07) is 5.07. The van der Waals surface area contributed by atoms with E-state index in [2.05, 4.69) is 15.5 Å². The highest BCUT2D eigenvalue weighted by molar-refractivity contribution is 6.39. The molecule has 21 heavy (non-hydrogen) atoms. The molecule has 1 fully saturated rings. The molecule has 0 saturated carbocycles. The van der Waals surface area contributed by atoms with Crippen LogP contribution in [0.5, 0.6) is 0 Å². The Morgan fingerprint density at radius 3 is 2.48 bits per heavy atom. The Hall–Kier alpha value is -0.520. The number of carbonyl (C=O) groups excluding carboxylic acids is 1. The Kier molecular flexibility index (Phi) is 8.37. The zero-order valence-electron chi connectivity index (χ0n) is 11.7. The molecule has 0 aliphatic carbocycles. The first-order valence-electron chi connectivity index (χ1n) is 6.84. The van der Waals surface area contributed by atoms with Gasteiger partial charge < -0.3 is 15.5 Å². The van der Waals surface area contributed by atoms with E-state index in [-0.39, 0.29) is 18.3 Å². The van der Waals surface area contributed by atoms with Gasteiger partial charge in [0.25, 0.3) is 5.91 Å². The number of amides is 1. The second-order valence-electron chi connectivity index (χ2n) is 4.80. The lowest BCUT2D eigenvalue weighted by molar-refractivity contribution is 0.0951. The van der Waals surface area contributed by atoms with E-state index in [4.69, 9.17) is 23.2 Å². The van der Waals surface area contributed by atoms with E-state index < -0.39 is 0 Å². The summed E-state index contributed by atoms with van der Waals surface area (Å²) in [7, 11) is 0. The molecule has 1 aromatic rings. The number of hydrogen-bond acceptors (Lipinski definition) is 3. The Bertz CT molecular complexity index is 445. The van der Waals surface area contributed by atoms with Gasteiger partial charge in [0.1, 0.15) is 0 Å². The molecule has 2 rings (SSSR count). The van der Waals surface area contributed by atoms with E-state index in [0.717, 1.165) is 39.1 Å². The third-order valence-corrected chi connectivity index (χ3v) is 3.97. The Morgan fingerprint density at radius 2 is 1.86 bits per heavy atom. The van der Waals surface area contributed by atoms with Crippen molar-refractivity contribution in [2.45, 2.75) is 6.42 Å². The van der Waals surface area contributed by atoms with E-state index >= 15 is 0 Å². The van der Waals surface area contributed by atoms with Crippen LogP contribution in [-0.4, -0.2) is 50.1 Å². The summed E-state index contributed by atoms with van der Waals surface area (Å²) in [5, 5.41) is 6.96. The summed E-state index contributed by atoms with van der Waals surface area (Å²) in [6.45, 7) is 5.86. The number of benzene rings is 1. The summed E-state index contributed by atoms with van der Waals surface area (Å²) in [5.74, 6) is -0.207.